The van der Waals surface area contributed by atoms with Crippen molar-refractivity contribution in [2.24, 2.45) is 0 Å². The molecule has 0 spiro atoms. The van der Waals surface area contributed by atoms with E-state index in [4.69, 9.17) is 10.00 Å². The quantitative estimate of drug-likeness (QED) is 0.847. The molecule has 1 aromatic carbocycles. The Morgan fingerprint density at radius 1 is 1.26 bits per heavy atom. The normalized spacial score (nSPS) is 15.7. The second-order valence-corrected chi connectivity index (χ2v) is 6.95. The van der Waals surface area contributed by atoms with Gasteiger partial charge < -0.3 is 4.74 Å². The Bertz CT molecular complexity index is 856. The molecule has 2 heterocycles. The molecule has 1 aliphatic heterocycles. The maximum Gasteiger partial charge on any atom is 0.243 e. The maximum atomic E-state index is 12.9. The summed E-state index contributed by atoms with van der Waals surface area (Å²) in [5.41, 5.74) is 0.421. The Balaban J connectivity index is 1.64. The van der Waals surface area contributed by atoms with E-state index in [1.54, 1.807) is 6.07 Å². The first kappa shape index (κ1) is 15.4. The van der Waals surface area contributed by atoms with Gasteiger partial charge >= 0.3 is 0 Å². The molecule has 0 radical (unpaired) electrons. The first-order chi connectivity index (χ1) is 11.0. The van der Waals surface area contributed by atoms with Gasteiger partial charge in [-0.25, -0.2) is 17.8 Å². The summed E-state index contributed by atoms with van der Waals surface area (Å²) in [6, 6.07) is 9.71. The second kappa shape index (κ2) is 5.95. The molecule has 8 heteroatoms. The van der Waals surface area contributed by atoms with Gasteiger partial charge in [-0.2, -0.15) is 9.57 Å². The van der Waals surface area contributed by atoms with Crippen molar-refractivity contribution in [2.45, 2.75) is 11.0 Å². The minimum atomic E-state index is -3.64. The predicted octanol–water partition coefficient (Wildman–Crippen LogP) is 1.54. The highest BCUT2D eigenvalue weighted by atomic mass is 32.2. The van der Waals surface area contributed by atoms with Gasteiger partial charge in [0.25, 0.3) is 0 Å². The summed E-state index contributed by atoms with van der Waals surface area (Å²) in [6.07, 6.45) is 1.13. The van der Waals surface area contributed by atoms with E-state index in [9.17, 15) is 12.8 Å². The number of nitrogens with zero attached hydrogens (tertiary/aromatic N) is 3. The van der Waals surface area contributed by atoms with E-state index in [0.717, 1.165) is 12.1 Å². The van der Waals surface area contributed by atoms with Crippen LogP contribution in [0.1, 0.15) is 5.56 Å². The fraction of sp³-hybridized carbons (Fsp3) is 0.200. The zero-order chi connectivity index (χ0) is 16.4. The lowest BCUT2D eigenvalue weighted by Crippen LogP contribution is -2.56. The van der Waals surface area contributed by atoms with Crippen molar-refractivity contribution in [2.75, 3.05) is 13.1 Å². The lowest BCUT2D eigenvalue weighted by atomic mass is 10.2. The van der Waals surface area contributed by atoms with Crippen LogP contribution >= 0.6 is 0 Å². The molecular weight excluding hydrogens is 321 g/mol. The van der Waals surface area contributed by atoms with Gasteiger partial charge in [0, 0.05) is 12.3 Å². The fourth-order valence-corrected chi connectivity index (χ4v) is 3.64. The molecule has 0 bridgehead atoms. The van der Waals surface area contributed by atoms with Crippen molar-refractivity contribution in [1.82, 2.24) is 9.29 Å². The number of rotatable bonds is 4. The van der Waals surface area contributed by atoms with Gasteiger partial charge in [-0.3, -0.25) is 0 Å². The van der Waals surface area contributed by atoms with Crippen LogP contribution in [0.3, 0.4) is 0 Å². The first-order valence-corrected chi connectivity index (χ1v) is 8.21. The highest BCUT2D eigenvalue weighted by Crippen LogP contribution is 2.24. The van der Waals surface area contributed by atoms with E-state index in [1.807, 2.05) is 6.07 Å². The zero-order valence-electron chi connectivity index (χ0n) is 11.9. The first-order valence-electron chi connectivity index (χ1n) is 6.77. The number of sulfonamides is 1. The van der Waals surface area contributed by atoms with Gasteiger partial charge in [-0.15, -0.1) is 0 Å². The Hall–Kier alpha value is -2.50. The van der Waals surface area contributed by atoms with Crippen molar-refractivity contribution in [1.29, 1.82) is 5.26 Å². The SMILES string of the molecule is N#Cc1ccnc(OC2CN(S(=O)(=O)c3ccc(F)cc3)C2)c1. The van der Waals surface area contributed by atoms with Crippen molar-refractivity contribution in [3.8, 4) is 11.9 Å². The largest absolute Gasteiger partial charge is 0.471 e. The van der Waals surface area contributed by atoms with Crippen LogP contribution in [0.25, 0.3) is 0 Å². The Kier molecular flexibility index (Phi) is 3.98. The van der Waals surface area contributed by atoms with E-state index in [2.05, 4.69) is 4.98 Å². The van der Waals surface area contributed by atoms with Crippen molar-refractivity contribution in [3.05, 3.63) is 54.0 Å². The van der Waals surface area contributed by atoms with Crippen LogP contribution < -0.4 is 4.74 Å². The number of hydrogen-bond donors (Lipinski definition) is 0. The zero-order valence-corrected chi connectivity index (χ0v) is 12.7. The molecule has 1 fully saturated rings. The molecule has 0 saturated carbocycles. The van der Waals surface area contributed by atoms with Crippen LogP contribution in [0.2, 0.25) is 0 Å². The molecule has 118 valence electrons. The maximum absolute atomic E-state index is 12.9. The summed E-state index contributed by atoms with van der Waals surface area (Å²) < 4.78 is 44.3. The van der Waals surface area contributed by atoms with Crippen LogP contribution in [0.4, 0.5) is 4.39 Å². The molecule has 1 aromatic heterocycles. The highest BCUT2D eigenvalue weighted by Gasteiger charge is 2.38. The van der Waals surface area contributed by atoms with Crippen LogP contribution in [-0.2, 0) is 10.0 Å². The third-order valence-corrected chi connectivity index (χ3v) is 5.26. The number of ether oxygens (including phenoxy) is 1. The standard InChI is InChI=1S/C15H12FN3O3S/c16-12-1-3-14(4-2-12)23(20,21)19-9-13(10-19)22-15-7-11(8-17)5-6-18-15/h1-7,13H,9-10H2. The third-order valence-electron chi connectivity index (χ3n) is 3.42. The molecule has 3 rings (SSSR count). The molecular formula is C15H12FN3O3S. The number of hydrogen-bond acceptors (Lipinski definition) is 5. The highest BCUT2D eigenvalue weighted by molar-refractivity contribution is 7.89. The molecule has 0 unspecified atom stereocenters. The topological polar surface area (TPSA) is 83.3 Å². The fourth-order valence-electron chi connectivity index (χ4n) is 2.14. The number of aromatic nitrogens is 1. The van der Waals surface area contributed by atoms with E-state index in [1.165, 1.54) is 28.7 Å². The predicted molar refractivity (Wildman–Crippen MR) is 78.5 cm³/mol. The summed E-state index contributed by atoms with van der Waals surface area (Å²) in [5.74, 6) is -0.204. The van der Waals surface area contributed by atoms with Crippen LogP contribution in [0.5, 0.6) is 5.88 Å². The van der Waals surface area contributed by atoms with Gasteiger partial charge in [0.2, 0.25) is 15.9 Å². The molecule has 2 aromatic rings. The smallest absolute Gasteiger partial charge is 0.243 e. The number of halogens is 1. The summed E-state index contributed by atoms with van der Waals surface area (Å²) >= 11 is 0. The molecule has 0 amide bonds. The second-order valence-electron chi connectivity index (χ2n) is 5.01. The Morgan fingerprint density at radius 3 is 2.61 bits per heavy atom. The number of benzene rings is 1. The molecule has 1 aliphatic rings. The third kappa shape index (κ3) is 3.16. The molecule has 0 atom stereocenters. The minimum absolute atomic E-state index is 0.0435. The lowest BCUT2D eigenvalue weighted by molar-refractivity contribution is 0.0720. The molecule has 6 nitrogen and oxygen atoms in total. The number of pyridine rings is 1. The Labute approximate surface area is 132 Å². The molecule has 0 N–H and O–H groups in total. The van der Waals surface area contributed by atoms with E-state index < -0.39 is 15.8 Å². The molecule has 1 saturated heterocycles. The van der Waals surface area contributed by atoms with Crippen molar-refractivity contribution < 1.29 is 17.5 Å². The van der Waals surface area contributed by atoms with Crippen LogP contribution in [0.15, 0.2) is 47.5 Å². The molecule has 23 heavy (non-hydrogen) atoms. The monoisotopic (exact) mass is 333 g/mol. The lowest BCUT2D eigenvalue weighted by Gasteiger charge is -2.37. The summed E-state index contributed by atoms with van der Waals surface area (Å²) in [7, 11) is -3.64. The average molecular weight is 333 g/mol. The van der Waals surface area contributed by atoms with E-state index in [0.29, 0.717) is 5.56 Å². The van der Waals surface area contributed by atoms with Crippen molar-refractivity contribution >= 4 is 10.0 Å². The van der Waals surface area contributed by atoms with Gasteiger partial charge in [-0.05, 0) is 30.3 Å². The summed E-state index contributed by atoms with van der Waals surface area (Å²) in [6.45, 7) is 0.357. The van der Waals surface area contributed by atoms with E-state index >= 15 is 0 Å². The van der Waals surface area contributed by atoms with Gasteiger partial charge in [-0.1, -0.05) is 0 Å². The van der Waals surface area contributed by atoms with Gasteiger partial charge in [0.15, 0.2) is 0 Å². The average Bonchev–Trinajstić information content (AvgIpc) is 2.51. The summed E-state index contributed by atoms with van der Waals surface area (Å²) in [5, 5.41) is 8.81. The van der Waals surface area contributed by atoms with Crippen LogP contribution in [0, 0.1) is 17.1 Å². The van der Waals surface area contributed by atoms with Gasteiger partial charge in [0.05, 0.1) is 29.6 Å². The molecule has 0 aliphatic carbocycles. The minimum Gasteiger partial charge on any atom is -0.471 e. The van der Waals surface area contributed by atoms with Gasteiger partial charge in [0.1, 0.15) is 11.9 Å². The van der Waals surface area contributed by atoms with Crippen LogP contribution in [-0.4, -0.2) is 36.9 Å². The summed E-state index contributed by atoms with van der Waals surface area (Å²) in [4.78, 5) is 4.02. The number of nitriles is 1. The van der Waals surface area contributed by atoms with Crippen molar-refractivity contribution in [3.63, 3.8) is 0 Å². The van der Waals surface area contributed by atoms with E-state index in [-0.39, 0.29) is 30.0 Å². The Morgan fingerprint density at radius 2 is 1.96 bits per heavy atom.